The molecule has 2 aromatic rings. The summed E-state index contributed by atoms with van der Waals surface area (Å²) < 4.78 is 27.2. The van der Waals surface area contributed by atoms with Crippen molar-refractivity contribution in [2.45, 2.75) is 31.3 Å². The predicted molar refractivity (Wildman–Crippen MR) is 83.1 cm³/mol. The Labute approximate surface area is 129 Å². The number of H-pyrrole nitrogens is 1. The summed E-state index contributed by atoms with van der Waals surface area (Å²) in [6, 6.07) is 8.38. The monoisotopic (exact) mass is 322 g/mol. The highest BCUT2D eigenvalue weighted by Gasteiger charge is 2.25. The fraction of sp³-hybridized carbons (Fsp3) is 0.286. The van der Waals surface area contributed by atoms with Gasteiger partial charge in [-0.2, -0.15) is 13.5 Å². The number of amides is 1. The van der Waals surface area contributed by atoms with E-state index >= 15 is 0 Å². The maximum absolute atomic E-state index is 12.4. The Bertz CT molecular complexity index is 740. The van der Waals surface area contributed by atoms with E-state index in [-0.39, 0.29) is 16.6 Å². The number of rotatable bonds is 6. The molecule has 0 aliphatic carbocycles. The lowest BCUT2D eigenvalue weighted by atomic mass is 10.2. The summed E-state index contributed by atoms with van der Waals surface area (Å²) in [5.41, 5.74) is 0.397. The summed E-state index contributed by atoms with van der Waals surface area (Å²) in [5.74, 6) is -0.475. The first-order valence-electron chi connectivity index (χ1n) is 6.86. The largest absolute Gasteiger partial charge is 0.349 e. The molecule has 8 heteroatoms. The molecule has 1 heterocycles. The van der Waals surface area contributed by atoms with Crippen LogP contribution in [0.15, 0.2) is 41.6 Å². The van der Waals surface area contributed by atoms with Crippen LogP contribution >= 0.6 is 0 Å². The van der Waals surface area contributed by atoms with E-state index in [1.54, 1.807) is 30.3 Å². The summed E-state index contributed by atoms with van der Waals surface area (Å²) in [4.78, 5) is 12.1. The van der Waals surface area contributed by atoms with Crippen molar-refractivity contribution in [3.63, 3.8) is 0 Å². The average Bonchev–Trinajstić information content (AvgIpc) is 2.98. The van der Waals surface area contributed by atoms with E-state index in [1.807, 2.05) is 13.8 Å². The van der Waals surface area contributed by atoms with Crippen LogP contribution in [0.1, 0.15) is 30.6 Å². The Morgan fingerprint density at radius 1 is 1.32 bits per heavy atom. The maximum Gasteiger partial charge on any atom is 0.279 e. The molecule has 0 bridgehead atoms. The SMILES string of the molecule is CC[C@@H](C)NC(=O)c1cn[nH]c1S(=O)(=O)Nc1ccccc1. The number of nitrogens with zero attached hydrogens (tertiary/aromatic N) is 1. The van der Waals surface area contributed by atoms with Crippen LogP contribution in [-0.4, -0.2) is 30.6 Å². The van der Waals surface area contributed by atoms with Gasteiger partial charge in [-0.1, -0.05) is 25.1 Å². The van der Waals surface area contributed by atoms with E-state index in [9.17, 15) is 13.2 Å². The molecule has 0 spiro atoms. The molecule has 118 valence electrons. The van der Waals surface area contributed by atoms with Crippen molar-refractivity contribution >= 4 is 21.6 Å². The molecular weight excluding hydrogens is 304 g/mol. The van der Waals surface area contributed by atoms with Crippen LogP contribution < -0.4 is 10.0 Å². The minimum absolute atomic E-state index is 0.0104. The molecule has 3 N–H and O–H groups in total. The zero-order chi connectivity index (χ0) is 16.2. The lowest BCUT2D eigenvalue weighted by molar-refractivity contribution is 0.0936. The van der Waals surface area contributed by atoms with Gasteiger partial charge in [0.2, 0.25) is 0 Å². The second kappa shape index (κ2) is 6.61. The van der Waals surface area contributed by atoms with Crippen LogP contribution in [0.5, 0.6) is 0 Å². The molecule has 1 atom stereocenters. The fourth-order valence-corrected chi connectivity index (χ4v) is 2.91. The first-order valence-corrected chi connectivity index (χ1v) is 8.34. The topological polar surface area (TPSA) is 104 Å². The van der Waals surface area contributed by atoms with Gasteiger partial charge in [-0.15, -0.1) is 0 Å². The molecule has 0 aliphatic rings. The van der Waals surface area contributed by atoms with Gasteiger partial charge >= 0.3 is 0 Å². The maximum atomic E-state index is 12.4. The quantitative estimate of drug-likeness (QED) is 0.753. The second-order valence-electron chi connectivity index (χ2n) is 4.87. The molecule has 0 radical (unpaired) electrons. The predicted octanol–water partition coefficient (Wildman–Crippen LogP) is 1.74. The summed E-state index contributed by atoms with van der Waals surface area (Å²) in [7, 11) is -3.92. The summed E-state index contributed by atoms with van der Waals surface area (Å²) in [6.45, 7) is 3.77. The van der Waals surface area contributed by atoms with Crippen molar-refractivity contribution in [2.24, 2.45) is 0 Å². The minimum Gasteiger partial charge on any atom is -0.349 e. The number of anilines is 1. The standard InChI is InChI=1S/C14H18N4O3S/c1-3-10(2)16-13(19)12-9-15-17-14(12)22(20,21)18-11-7-5-4-6-8-11/h4-10,18H,3H2,1-2H3,(H,15,17)(H,16,19)/t10-/m1/s1. The number of nitrogens with one attached hydrogen (secondary N) is 3. The molecular formula is C14H18N4O3S. The highest BCUT2D eigenvalue weighted by molar-refractivity contribution is 7.92. The van der Waals surface area contributed by atoms with Crippen LogP contribution in [0, 0.1) is 0 Å². The van der Waals surface area contributed by atoms with Crippen molar-refractivity contribution in [2.75, 3.05) is 4.72 Å². The Morgan fingerprint density at radius 3 is 2.64 bits per heavy atom. The minimum atomic E-state index is -3.92. The Kier molecular flexibility index (Phi) is 4.81. The normalized spacial score (nSPS) is 12.6. The zero-order valence-corrected chi connectivity index (χ0v) is 13.1. The third kappa shape index (κ3) is 3.64. The molecule has 22 heavy (non-hydrogen) atoms. The molecule has 1 aromatic carbocycles. The molecule has 0 saturated carbocycles. The average molecular weight is 322 g/mol. The Morgan fingerprint density at radius 2 is 2.00 bits per heavy atom. The molecule has 0 unspecified atom stereocenters. The molecule has 1 amide bonds. The van der Waals surface area contributed by atoms with Crippen LogP contribution in [0.3, 0.4) is 0 Å². The number of carbonyl (C=O) groups excluding carboxylic acids is 1. The van der Waals surface area contributed by atoms with Gasteiger partial charge in [0.05, 0.1) is 11.8 Å². The zero-order valence-electron chi connectivity index (χ0n) is 12.3. The van der Waals surface area contributed by atoms with E-state index in [2.05, 4.69) is 20.2 Å². The first-order chi connectivity index (χ1) is 10.4. The van der Waals surface area contributed by atoms with Gasteiger partial charge in [0.25, 0.3) is 15.9 Å². The first kappa shape index (κ1) is 16.0. The van der Waals surface area contributed by atoms with E-state index < -0.39 is 15.9 Å². The highest BCUT2D eigenvalue weighted by Crippen LogP contribution is 2.17. The number of carbonyl (C=O) groups is 1. The van der Waals surface area contributed by atoms with E-state index in [0.717, 1.165) is 6.42 Å². The third-order valence-corrected chi connectivity index (χ3v) is 4.49. The van der Waals surface area contributed by atoms with Crippen molar-refractivity contribution in [3.05, 3.63) is 42.1 Å². The van der Waals surface area contributed by atoms with Crippen molar-refractivity contribution < 1.29 is 13.2 Å². The van der Waals surface area contributed by atoms with Gasteiger partial charge in [-0.05, 0) is 25.5 Å². The van der Waals surface area contributed by atoms with Gasteiger partial charge < -0.3 is 5.32 Å². The molecule has 0 saturated heterocycles. The lowest BCUT2D eigenvalue weighted by Gasteiger charge is -2.12. The van der Waals surface area contributed by atoms with Crippen LogP contribution in [-0.2, 0) is 10.0 Å². The van der Waals surface area contributed by atoms with Crippen molar-refractivity contribution in [3.8, 4) is 0 Å². The number of hydrogen-bond donors (Lipinski definition) is 3. The number of hydrogen-bond acceptors (Lipinski definition) is 4. The van der Waals surface area contributed by atoms with Crippen molar-refractivity contribution in [1.82, 2.24) is 15.5 Å². The number of aromatic amines is 1. The third-order valence-electron chi connectivity index (χ3n) is 3.13. The summed E-state index contributed by atoms with van der Waals surface area (Å²) in [6.07, 6.45) is 1.95. The van der Waals surface area contributed by atoms with E-state index in [4.69, 9.17) is 0 Å². The Hall–Kier alpha value is -2.35. The van der Waals surface area contributed by atoms with Gasteiger partial charge in [-0.25, -0.2) is 0 Å². The highest BCUT2D eigenvalue weighted by atomic mass is 32.2. The van der Waals surface area contributed by atoms with Gasteiger partial charge in [-0.3, -0.25) is 14.6 Å². The number of aromatic nitrogens is 2. The second-order valence-corrected chi connectivity index (χ2v) is 6.49. The lowest BCUT2D eigenvalue weighted by Crippen LogP contribution is -2.33. The molecule has 1 aromatic heterocycles. The Balaban J connectivity index is 2.26. The van der Waals surface area contributed by atoms with Gasteiger partial charge in [0, 0.05) is 11.7 Å². The van der Waals surface area contributed by atoms with Crippen molar-refractivity contribution in [1.29, 1.82) is 0 Å². The van der Waals surface area contributed by atoms with Crippen LogP contribution in [0.4, 0.5) is 5.69 Å². The smallest absolute Gasteiger partial charge is 0.279 e. The number of benzene rings is 1. The molecule has 0 fully saturated rings. The van der Waals surface area contributed by atoms with Crippen LogP contribution in [0.25, 0.3) is 0 Å². The number of para-hydroxylation sites is 1. The molecule has 7 nitrogen and oxygen atoms in total. The van der Waals surface area contributed by atoms with Gasteiger partial charge in [0.15, 0.2) is 5.03 Å². The molecule has 0 aliphatic heterocycles. The summed E-state index contributed by atoms with van der Waals surface area (Å²) in [5, 5.41) is 8.52. The summed E-state index contributed by atoms with van der Waals surface area (Å²) >= 11 is 0. The van der Waals surface area contributed by atoms with Crippen LogP contribution in [0.2, 0.25) is 0 Å². The van der Waals surface area contributed by atoms with E-state index in [0.29, 0.717) is 5.69 Å². The fourth-order valence-electron chi connectivity index (χ4n) is 1.76. The number of sulfonamides is 1. The molecule has 2 rings (SSSR count). The van der Waals surface area contributed by atoms with E-state index in [1.165, 1.54) is 6.20 Å². The van der Waals surface area contributed by atoms with Gasteiger partial charge in [0.1, 0.15) is 0 Å².